The van der Waals surface area contributed by atoms with Crippen molar-refractivity contribution in [2.45, 2.75) is 26.8 Å². The minimum absolute atomic E-state index is 0.212. The Labute approximate surface area is 145 Å². The number of rotatable bonds is 4. The summed E-state index contributed by atoms with van der Waals surface area (Å²) >= 11 is 12.1. The molecule has 0 fully saturated rings. The first kappa shape index (κ1) is 17.6. The van der Waals surface area contributed by atoms with Crippen molar-refractivity contribution in [1.82, 2.24) is 10.6 Å². The number of halogens is 2. The monoisotopic (exact) mass is 356 g/mol. The number of urea groups is 1. The van der Waals surface area contributed by atoms with Crippen molar-refractivity contribution in [3.8, 4) is 0 Å². The molecule has 2 rings (SSSR count). The van der Waals surface area contributed by atoms with Crippen molar-refractivity contribution in [3.05, 3.63) is 45.1 Å². The molecule has 0 spiro atoms. The van der Waals surface area contributed by atoms with Crippen LogP contribution >= 0.6 is 23.2 Å². The summed E-state index contributed by atoms with van der Waals surface area (Å²) < 4.78 is 5.31. The quantitative estimate of drug-likeness (QED) is 0.805. The van der Waals surface area contributed by atoms with Gasteiger partial charge >= 0.3 is 12.0 Å². The molecule has 0 radical (unpaired) electrons. The molecule has 1 heterocycles. The van der Waals surface area contributed by atoms with E-state index in [0.29, 0.717) is 33.5 Å². The van der Waals surface area contributed by atoms with Crippen molar-refractivity contribution in [2.24, 2.45) is 5.92 Å². The minimum Gasteiger partial charge on any atom is -0.462 e. The second-order valence-corrected chi connectivity index (χ2v) is 6.57. The molecule has 0 saturated carbocycles. The predicted octanol–water partition coefficient (Wildman–Crippen LogP) is 3.82. The van der Waals surface area contributed by atoms with Crippen LogP contribution in [0.4, 0.5) is 4.79 Å². The highest BCUT2D eigenvalue weighted by molar-refractivity contribution is 6.35. The fraction of sp³-hybridized carbons (Fsp3) is 0.375. The fourth-order valence-corrected chi connectivity index (χ4v) is 2.77. The fourth-order valence-electron chi connectivity index (χ4n) is 2.25. The number of benzene rings is 1. The smallest absolute Gasteiger partial charge is 0.338 e. The van der Waals surface area contributed by atoms with Crippen LogP contribution in [0.1, 0.15) is 32.4 Å². The highest BCUT2D eigenvalue weighted by atomic mass is 35.5. The van der Waals surface area contributed by atoms with Gasteiger partial charge < -0.3 is 15.4 Å². The van der Waals surface area contributed by atoms with Crippen LogP contribution in [0.5, 0.6) is 0 Å². The molecule has 1 aromatic rings. The third-order valence-electron chi connectivity index (χ3n) is 3.31. The Morgan fingerprint density at radius 3 is 2.65 bits per heavy atom. The molecule has 0 aliphatic carbocycles. The average molecular weight is 357 g/mol. The van der Waals surface area contributed by atoms with E-state index >= 15 is 0 Å². The Hall–Kier alpha value is -1.72. The van der Waals surface area contributed by atoms with Gasteiger partial charge in [-0.05, 0) is 30.5 Å². The predicted molar refractivity (Wildman–Crippen MR) is 89.4 cm³/mol. The molecule has 124 valence electrons. The van der Waals surface area contributed by atoms with Gasteiger partial charge in [-0.1, -0.05) is 43.1 Å². The Bertz CT molecular complexity index is 671. The van der Waals surface area contributed by atoms with Crippen LogP contribution in [0.3, 0.4) is 0 Å². The summed E-state index contributed by atoms with van der Waals surface area (Å²) in [4.78, 5) is 24.2. The first-order chi connectivity index (χ1) is 10.8. The Balaban J connectivity index is 2.40. The lowest BCUT2D eigenvalue weighted by atomic mass is 9.95. The molecule has 0 unspecified atom stereocenters. The summed E-state index contributed by atoms with van der Waals surface area (Å²) in [7, 11) is 0. The van der Waals surface area contributed by atoms with E-state index in [1.165, 1.54) is 0 Å². The molecule has 1 atom stereocenters. The van der Waals surface area contributed by atoms with Crippen LogP contribution in [0, 0.1) is 5.92 Å². The molecule has 0 aromatic heterocycles. The number of esters is 1. The minimum atomic E-state index is -0.687. The van der Waals surface area contributed by atoms with Gasteiger partial charge in [0.2, 0.25) is 0 Å². The van der Waals surface area contributed by atoms with Crippen LogP contribution in [0.15, 0.2) is 29.5 Å². The maximum Gasteiger partial charge on any atom is 0.338 e. The summed E-state index contributed by atoms with van der Waals surface area (Å²) in [6.45, 7) is 5.85. The van der Waals surface area contributed by atoms with E-state index in [1.807, 2.05) is 13.8 Å². The molecule has 0 bridgehead atoms. The van der Waals surface area contributed by atoms with Crippen LogP contribution in [0.25, 0.3) is 0 Å². The van der Waals surface area contributed by atoms with Gasteiger partial charge in [0.25, 0.3) is 0 Å². The van der Waals surface area contributed by atoms with Crippen molar-refractivity contribution in [1.29, 1.82) is 0 Å². The maximum absolute atomic E-state index is 12.4. The number of allylic oxidation sites excluding steroid dienone is 1. The van der Waals surface area contributed by atoms with Gasteiger partial charge in [0, 0.05) is 15.7 Å². The first-order valence-electron chi connectivity index (χ1n) is 7.20. The van der Waals surface area contributed by atoms with E-state index in [4.69, 9.17) is 27.9 Å². The van der Waals surface area contributed by atoms with E-state index in [1.54, 1.807) is 25.1 Å². The highest BCUT2D eigenvalue weighted by Crippen LogP contribution is 2.33. The van der Waals surface area contributed by atoms with Gasteiger partial charge in [0.1, 0.15) is 0 Å². The molecule has 0 saturated heterocycles. The highest BCUT2D eigenvalue weighted by Gasteiger charge is 2.33. The van der Waals surface area contributed by atoms with Crippen LogP contribution in [0.2, 0.25) is 10.0 Å². The van der Waals surface area contributed by atoms with Gasteiger partial charge in [0.05, 0.1) is 18.2 Å². The average Bonchev–Trinajstić information content (AvgIpc) is 2.44. The van der Waals surface area contributed by atoms with Gasteiger partial charge in [-0.3, -0.25) is 0 Å². The van der Waals surface area contributed by atoms with Crippen molar-refractivity contribution in [3.63, 3.8) is 0 Å². The number of ether oxygens (including phenoxy) is 1. The van der Waals surface area contributed by atoms with Gasteiger partial charge in [-0.25, -0.2) is 9.59 Å². The number of hydrogen-bond donors (Lipinski definition) is 2. The summed E-state index contributed by atoms with van der Waals surface area (Å²) in [6, 6.07) is 3.82. The zero-order valence-electron chi connectivity index (χ0n) is 13.1. The molecule has 23 heavy (non-hydrogen) atoms. The van der Waals surface area contributed by atoms with E-state index in [9.17, 15) is 9.59 Å². The molecule has 2 amide bonds. The summed E-state index contributed by atoms with van der Waals surface area (Å²) in [5.74, 6) is -0.275. The largest absolute Gasteiger partial charge is 0.462 e. The number of carbonyl (C=O) groups excluding carboxylic acids is 2. The zero-order valence-corrected chi connectivity index (χ0v) is 14.6. The Kier molecular flexibility index (Phi) is 5.55. The van der Waals surface area contributed by atoms with E-state index in [0.717, 1.165) is 0 Å². The van der Waals surface area contributed by atoms with Gasteiger partial charge in [-0.15, -0.1) is 0 Å². The third kappa shape index (κ3) is 4.18. The normalized spacial score (nSPS) is 17.8. The summed E-state index contributed by atoms with van der Waals surface area (Å²) in [5, 5.41) is 6.14. The van der Waals surface area contributed by atoms with Crippen LogP contribution in [-0.2, 0) is 9.53 Å². The second-order valence-electron chi connectivity index (χ2n) is 5.73. The SMILES string of the molecule is CC1=C(C(=O)OCC(C)C)[C@@H](c2ccc(Cl)cc2Cl)NC(=O)N1. The van der Waals surface area contributed by atoms with Gasteiger partial charge in [0.15, 0.2) is 0 Å². The molecule has 1 aliphatic rings. The Morgan fingerprint density at radius 2 is 2.04 bits per heavy atom. The molecule has 1 aliphatic heterocycles. The van der Waals surface area contributed by atoms with E-state index < -0.39 is 18.0 Å². The summed E-state index contributed by atoms with van der Waals surface area (Å²) in [6.07, 6.45) is 0. The lowest BCUT2D eigenvalue weighted by molar-refractivity contribution is -0.140. The standard InChI is InChI=1S/C16H18Cl2N2O3/c1-8(2)7-23-15(21)13-9(3)19-16(22)20-14(13)11-5-4-10(17)6-12(11)18/h4-6,8,14H,7H2,1-3H3,(H2,19,20,22)/t14-/m1/s1. The van der Waals surface area contributed by atoms with Crippen molar-refractivity contribution < 1.29 is 14.3 Å². The Morgan fingerprint density at radius 1 is 1.35 bits per heavy atom. The maximum atomic E-state index is 12.4. The van der Waals surface area contributed by atoms with Crippen molar-refractivity contribution >= 4 is 35.2 Å². The van der Waals surface area contributed by atoms with Crippen molar-refractivity contribution in [2.75, 3.05) is 6.61 Å². The molecule has 7 heteroatoms. The summed E-state index contributed by atoms with van der Waals surface area (Å²) in [5.41, 5.74) is 1.36. The van der Waals surface area contributed by atoms with E-state index in [2.05, 4.69) is 10.6 Å². The van der Waals surface area contributed by atoms with E-state index in [-0.39, 0.29) is 5.92 Å². The van der Waals surface area contributed by atoms with Crippen LogP contribution in [-0.4, -0.2) is 18.6 Å². The molecular weight excluding hydrogens is 339 g/mol. The lowest BCUT2D eigenvalue weighted by Gasteiger charge is -2.28. The molecule has 2 N–H and O–H groups in total. The lowest BCUT2D eigenvalue weighted by Crippen LogP contribution is -2.45. The zero-order chi connectivity index (χ0) is 17.1. The number of carbonyl (C=O) groups is 2. The molecule has 5 nitrogen and oxygen atoms in total. The number of nitrogens with one attached hydrogen (secondary N) is 2. The third-order valence-corrected chi connectivity index (χ3v) is 3.87. The second kappa shape index (κ2) is 7.23. The number of amides is 2. The van der Waals surface area contributed by atoms with Gasteiger partial charge in [-0.2, -0.15) is 0 Å². The molecule has 1 aromatic carbocycles. The molecular formula is C16H18Cl2N2O3. The first-order valence-corrected chi connectivity index (χ1v) is 7.95. The number of hydrogen-bond acceptors (Lipinski definition) is 3. The topological polar surface area (TPSA) is 67.4 Å². The van der Waals surface area contributed by atoms with Crippen LogP contribution < -0.4 is 10.6 Å².